The van der Waals surface area contributed by atoms with E-state index in [0.717, 1.165) is 16.4 Å². The number of thiocarbonyl (C=S) groups is 1. The second-order valence-corrected chi connectivity index (χ2v) is 6.66. The molecule has 142 valence electrons. The van der Waals surface area contributed by atoms with Gasteiger partial charge >= 0.3 is 0 Å². The summed E-state index contributed by atoms with van der Waals surface area (Å²) in [6, 6.07) is 11.4. The molecule has 0 aliphatic carbocycles. The number of anilines is 1. The van der Waals surface area contributed by atoms with Crippen LogP contribution >= 0.6 is 12.2 Å². The summed E-state index contributed by atoms with van der Waals surface area (Å²) >= 11 is 5.29. The lowest BCUT2D eigenvalue weighted by molar-refractivity contribution is 0.0975. The summed E-state index contributed by atoms with van der Waals surface area (Å²) < 4.78 is 16.4. The van der Waals surface area contributed by atoms with Crippen molar-refractivity contribution in [1.82, 2.24) is 10.5 Å². The molecule has 0 radical (unpaired) electrons. The lowest BCUT2D eigenvalue weighted by Crippen LogP contribution is -2.34. The highest BCUT2D eigenvalue weighted by Crippen LogP contribution is 2.36. The number of benzene rings is 2. The highest BCUT2D eigenvalue weighted by Gasteiger charge is 2.19. The first-order valence-corrected chi connectivity index (χ1v) is 8.93. The maximum absolute atomic E-state index is 12.4. The van der Waals surface area contributed by atoms with Gasteiger partial charge in [-0.25, -0.2) is 0 Å². The minimum Gasteiger partial charge on any atom is -0.495 e. The average molecular weight is 395 g/mol. The van der Waals surface area contributed by atoms with Gasteiger partial charge in [0.15, 0.2) is 5.11 Å². The second kappa shape index (κ2) is 6.97. The topological polar surface area (TPSA) is 89.5 Å². The predicted octanol–water partition coefficient (Wildman–Crippen LogP) is 4.33. The number of nitrogens with one attached hydrogen (secondary N) is 2. The molecule has 8 heteroatoms. The summed E-state index contributed by atoms with van der Waals surface area (Å²) in [4.78, 5) is 12.4. The van der Waals surface area contributed by atoms with Gasteiger partial charge in [-0.15, -0.1) is 0 Å². The van der Waals surface area contributed by atoms with E-state index >= 15 is 0 Å². The van der Waals surface area contributed by atoms with Crippen LogP contribution in [0.25, 0.3) is 21.9 Å². The number of ether oxygens (including phenoxy) is 1. The number of aromatic nitrogens is 1. The minimum atomic E-state index is -0.391. The van der Waals surface area contributed by atoms with Crippen molar-refractivity contribution in [3.63, 3.8) is 0 Å². The van der Waals surface area contributed by atoms with E-state index in [-0.39, 0.29) is 5.11 Å². The van der Waals surface area contributed by atoms with Crippen molar-refractivity contribution in [3.05, 3.63) is 53.4 Å². The molecule has 0 bridgehead atoms. The Bertz CT molecular complexity index is 1210. The van der Waals surface area contributed by atoms with Gasteiger partial charge in [0.25, 0.3) is 5.91 Å². The molecule has 0 spiro atoms. The lowest BCUT2D eigenvalue weighted by Gasteiger charge is -2.13. The van der Waals surface area contributed by atoms with Gasteiger partial charge in [-0.3, -0.25) is 10.1 Å². The van der Waals surface area contributed by atoms with Crippen LogP contribution < -0.4 is 15.4 Å². The number of aryl methyl sites for hydroxylation is 2. The van der Waals surface area contributed by atoms with Crippen molar-refractivity contribution in [2.45, 2.75) is 13.8 Å². The SMILES string of the molecule is COc1cc2c(cc1NC(=S)NC(=O)c1c(C)noc1C)oc1ccccc12. The number of furan rings is 1. The van der Waals surface area contributed by atoms with Gasteiger partial charge in [0, 0.05) is 16.8 Å². The quantitative estimate of drug-likeness (QED) is 0.499. The molecule has 0 saturated carbocycles. The highest BCUT2D eigenvalue weighted by molar-refractivity contribution is 7.80. The standard InChI is InChI=1S/C20H17N3O4S/c1-10-18(11(2)27-23-10)19(24)22-20(28)21-14-9-16-13(8-17(14)25-3)12-6-4-5-7-15(12)26-16/h4-9H,1-3H3,(H2,21,22,24,28). The van der Waals surface area contributed by atoms with E-state index in [1.165, 1.54) is 0 Å². The van der Waals surface area contributed by atoms with E-state index in [2.05, 4.69) is 15.8 Å². The van der Waals surface area contributed by atoms with Crippen molar-refractivity contribution >= 4 is 50.9 Å². The largest absolute Gasteiger partial charge is 0.495 e. The van der Waals surface area contributed by atoms with Crippen LogP contribution in [-0.4, -0.2) is 23.3 Å². The minimum absolute atomic E-state index is 0.124. The van der Waals surface area contributed by atoms with Crippen LogP contribution in [0.2, 0.25) is 0 Å². The number of rotatable bonds is 3. The summed E-state index contributed by atoms with van der Waals surface area (Å²) in [6.45, 7) is 3.37. The fraction of sp³-hybridized carbons (Fsp3) is 0.150. The van der Waals surface area contributed by atoms with Crippen LogP contribution in [0.1, 0.15) is 21.8 Å². The molecule has 4 rings (SSSR count). The van der Waals surface area contributed by atoms with Crippen molar-refractivity contribution < 1.29 is 18.5 Å². The molecule has 2 heterocycles. The molecule has 0 unspecified atom stereocenters. The maximum atomic E-state index is 12.4. The Morgan fingerprint density at radius 3 is 2.64 bits per heavy atom. The van der Waals surface area contributed by atoms with E-state index in [1.54, 1.807) is 27.0 Å². The van der Waals surface area contributed by atoms with Gasteiger partial charge in [0.05, 0.1) is 18.5 Å². The molecule has 4 aromatic rings. The molecule has 7 nitrogen and oxygen atoms in total. The zero-order chi connectivity index (χ0) is 19.8. The molecule has 2 aromatic heterocycles. The third-order valence-corrected chi connectivity index (χ3v) is 4.64. The number of carbonyl (C=O) groups is 1. The van der Waals surface area contributed by atoms with Crippen molar-refractivity contribution in [3.8, 4) is 5.75 Å². The van der Waals surface area contributed by atoms with Crippen molar-refractivity contribution in [1.29, 1.82) is 0 Å². The number of amides is 1. The van der Waals surface area contributed by atoms with Crippen LogP contribution in [0.5, 0.6) is 5.75 Å². The predicted molar refractivity (Wildman–Crippen MR) is 110 cm³/mol. The van der Waals surface area contributed by atoms with Crippen LogP contribution in [0.4, 0.5) is 5.69 Å². The Hall–Kier alpha value is -3.39. The van der Waals surface area contributed by atoms with Gasteiger partial charge < -0.3 is 19.0 Å². The average Bonchev–Trinajstić information content (AvgIpc) is 3.19. The second-order valence-electron chi connectivity index (χ2n) is 6.25. The number of fused-ring (bicyclic) bond motifs is 3. The molecule has 0 aliphatic heterocycles. The number of hydrogen-bond acceptors (Lipinski definition) is 6. The van der Waals surface area contributed by atoms with Crippen LogP contribution in [0.3, 0.4) is 0 Å². The number of methoxy groups -OCH3 is 1. The first-order chi connectivity index (χ1) is 13.5. The summed E-state index contributed by atoms with van der Waals surface area (Å²) in [5, 5.41) is 11.5. The monoisotopic (exact) mass is 395 g/mol. The third kappa shape index (κ3) is 3.07. The molecule has 0 saturated heterocycles. The molecule has 2 N–H and O–H groups in total. The van der Waals surface area contributed by atoms with Crippen molar-refractivity contribution in [2.75, 3.05) is 12.4 Å². The van der Waals surface area contributed by atoms with E-state index in [4.69, 9.17) is 25.9 Å². The Morgan fingerprint density at radius 1 is 1.14 bits per heavy atom. The zero-order valence-electron chi connectivity index (χ0n) is 15.5. The van der Waals surface area contributed by atoms with Gasteiger partial charge in [0.2, 0.25) is 0 Å². The normalized spacial score (nSPS) is 11.0. The fourth-order valence-corrected chi connectivity index (χ4v) is 3.35. The molecule has 2 aromatic carbocycles. The molecule has 1 amide bonds. The van der Waals surface area contributed by atoms with E-state index < -0.39 is 5.91 Å². The maximum Gasteiger partial charge on any atom is 0.262 e. The van der Waals surface area contributed by atoms with Gasteiger partial charge in [-0.1, -0.05) is 23.4 Å². The number of hydrogen-bond donors (Lipinski definition) is 2. The van der Waals surface area contributed by atoms with Crippen LogP contribution in [0.15, 0.2) is 45.3 Å². The fourth-order valence-electron chi connectivity index (χ4n) is 3.14. The Morgan fingerprint density at radius 2 is 1.93 bits per heavy atom. The summed E-state index contributed by atoms with van der Waals surface area (Å²) in [7, 11) is 1.57. The summed E-state index contributed by atoms with van der Waals surface area (Å²) in [5.74, 6) is 0.615. The number of para-hydroxylation sites is 1. The van der Waals surface area contributed by atoms with E-state index in [0.29, 0.717) is 34.0 Å². The van der Waals surface area contributed by atoms with Crippen LogP contribution in [-0.2, 0) is 0 Å². The van der Waals surface area contributed by atoms with Crippen molar-refractivity contribution in [2.24, 2.45) is 0 Å². The van der Waals surface area contributed by atoms with E-state index in [1.807, 2.05) is 30.3 Å². The molecule has 0 atom stereocenters. The Kier molecular flexibility index (Phi) is 4.48. The number of carbonyl (C=O) groups excluding carboxylic acids is 1. The molecule has 0 fully saturated rings. The molecule has 0 aliphatic rings. The first kappa shape index (κ1) is 18.0. The Balaban J connectivity index is 1.62. The van der Waals surface area contributed by atoms with Gasteiger partial charge in [-0.05, 0) is 38.2 Å². The highest BCUT2D eigenvalue weighted by atomic mass is 32.1. The molecular formula is C20H17N3O4S. The summed E-state index contributed by atoms with van der Waals surface area (Å²) in [6.07, 6.45) is 0. The summed E-state index contributed by atoms with van der Waals surface area (Å²) in [5.41, 5.74) is 2.91. The Labute approximate surface area is 165 Å². The van der Waals surface area contributed by atoms with Gasteiger partial charge in [-0.2, -0.15) is 0 Å². The third-order valence-electron chi connectivity index (χ3n) is 4.43. The molecule has 28 heavy (non-hydrogen) atoms. The van der Waals surface area contributed by atoms with Gasteiger partial charge in [0.1, 0.15) is 28.2 Å². The number of nitrogens with zero attached hydrogens (tertiary/aromatic N) is 1. The van der Waals surface area contributed by atoms with Crippen LogP contribution in [0, 0.1) is 13.8 Å². The molecular weight excluding hydrogens is 378 g/mol. The zero-order valence-corrected chi connectivity index (χ0v) is 16.3. The lowest BCUT2D eigenvalue weighted by atomic mass is 10.1. The van der Waals surface area contributed by atoms with E-state index in [9.17, 15) is 4.79 Å². The smallest absolute Gasteiger partial charge is 0.262 e. The first-order valence-electron chi connectivity index (χ1n) is 8.52.